The van der Waals surface area contributed by atoms with Gasteiger partial charge in [0.15, 0.2) is 0 Å². The van der Waals surface area contributed by atoms with Gasteiger partial charge in [0.05, 0.1) is 15.0 Å². The van der Waals surface area contributed by atoms with Gasteiger partial charge in [0.25, 0.3) is 0 Å². The summed E-state index contributed by atoms with van der Waals surface area (Å²) in [5, 5.41) is 3.31. The van der Waals surface area contributed by atoms with E-state index in [9.17, 15) is 0 Å². The fourth-order valence-electron chi connectivity index (χ4n) is 1.44. The molecule has 0 atom stereocenters. The number of aryl methyl sites for hydroxylation is 1. The quantitative estimate of drug-likeness (QED) is 0.590. The van der Waals surface area contributed by atoms with Gasteiger partial charge < -0.3 is 5.32 Å². The molecule has 1 N–H and O–H groups in total. The monoisotopic (exact) mass is 365 g/mol. The molecular weight excluding hydrogens is 345 g/mol. The molecule has 0 saturated heterocycles. The molecule has 1 rings (SSSR count). The third kappa shape index (κ3) is 4.62. The number of rotatable bonds is 7. The predicted molar refractivity (Wildman–Crippen MR) is 84.7 cm³/mol. The Balaban J connectivity index is 2.86. The molecule has 0 bridgehead atoms. The Labute approximate surface area is 122 Å². The molecule has 0 fully saturated rings. The number of anilines is 1. The molecule has 0 aliphatic heterocycles. The van der Waals surface area contributed by atoms with E-state index in [-0.39, 0.29) is 0 Å². The van der Waals surface area contributed by atoms with Crippen LogP contribution >= 0.6 is 34.4 Å². The van der Waals surface area contributed by atoms with Crippen molar-refractivity contribution in [1.29, 1.82) is 0 Å². The minimum atomic E-state index is 0.901. The highest BCUT2D eigenvalue weighted by atomic mass is 127. The third-order valence-corrected chi connectivity index (χ3v) is 4.52. The number of thioether (sulfide) groups is 1. The van der Waals surface area contributed by atoms with Gasteiger partial charge in [0.1, 0.15) is 11.6 Å². The lowest BCUT2D eigenvalue weighted by atomic mass is 10.3. The Morgan fingerprint density at radius 2 is 2.00 bits per heavy atom. The second kappa shape index (κ2) is 8.13. The van der Waals surface area contributed by atoms with E-state index in [0.717, 1.165) is 39.6 Å². The van der Waals surface area contributed by atoms with Crippen LogP contribution in [0.5, 0.6) is 0 Å². The minimum Gasteiger partial charge on any atom is -0.369 e. The summed E-state index contributed by atoms with van der Waals surface area (Å²) in [6.07, 6.45) is 2.17. The molecule has 5 heteroatoms. The Hall–Kier alpha value is -0.0400. The summed E-state index contributed by atoms with van der Waals surface area (Å²) in [5.41, 5.74) is 1.16. The highest BCUT2D eigenvalue weighted by Crippen LogP contribution is 2.21. The molecule has 0 aliphatic carbocycles. The van der Waals surface area contributed by atoms with Crippen LogP contribution in [0, 0.1) is 3.57 Å². The van der Waals surface area contributed by atoms with Gasteiger partial charge in [-0.3, -0.25) is 0 Å². The predicted octanol–water partition coefficient (Wildman–Crippen LogP) is 3.72. The molecule has 1 aromatic heterocycles. The summed E-state index contributed by atoms with van der Waals surface area (Å²) < 4.78 is 1.16. The van der Waals surface area contributed by atoms with E-state index in [4.69, 9.17) is 0 Å². The van der Waals surface area contributed by atoms with E-state index >= 15 is 0 Å². The Morgan fingerprint density at radius 1 is 1.24 bits per heavy atom. The van der Waals surface area contributed by atoms with Crippen molar-refractivity contribution < 1.29 is 0 Å². The number of hydrogen-bond acceptors (Lipinski definition) is 4. The zero-order valence-electron chi connectivity index (χ0n) is 10.7. The Morgan fingerprint density at radius 3 is 2.59 bits per heavy atom. The normalized spacial score (nSPS) is 10.6. The van der Waals surface area contributed by atoms with Crippen LogP contribution in [0.2, 0.25) is 0 Å². The average Bonchev–Trinajstić information content (AvgIpc) is 2.33. The van der Waals surface area contributed by atoms with Crippen LogP contribution in [0.4, 0.5) is 5.82 Å². The molecule has 17 heavy (non-hydrogen) atoms. The zero-order chi connectivity index (χ0) is 12.7. The molecule has 0 aromatic carbocycles. The molecule has 96 valence electrons. The number of nitrogens with one attached hydrogen (secondary N) is 1. The molecule has 0 spiro atoms. The minimum absolute atomic E-state index is 0.901. The molecule has 3 nitrogen and oxygen atoms in total. The second-order valence-corrected chi connectivity index (χ2v) is 5.87. The number of halogens is 1. The smallest absolute Gasteiger partial charge is 0.143 e. The van der Waals surface area contributed by atoms with Crippen molar-refractivity contribution in [3.8, 4) is 0 Å². The highest BCUT2D eigenvalue weighted by Gasteiger charge is 2.10. The third-order valence-electron chi connectivity index (χ3n) is 2.22. The van der Waals surface area contributed by atoms with Gasteiger partial charge in [-0.1, -0.05) is 13.8 Å². The number of aromatic nitrogens is 2. The number of hydrogen-bond donors (Lipinski definition) is 1. The van der Waals surface area contributed by atoms with Gasteiger partial charge in [-0.25, -0.2) is 9.97 Å². The summed E-state index contributed by atoms with van der Waals surface area (Å²) >= 11 is 4.23. The van der Waals surface area contributed by atoms with E-state index in [0.29, 0.717) is 0 Å². The van der Waals surface area contributed by atoms with Crippen molar-refractivity contribution in [1.82, 2.24) is 9.97 Å². The van der Waals surface area contributed by atoms with E-state index < -0.39 is 0 Å². The lowest BCUT2D eigenvalue weighted by Gasteiger charge is -2.11. The first-order valence-corrected chi connectivity index (χ1v) is 8.33. The van der Waals surface area contributed by atoms with Crippen molar-refractivity contribution in [3.63, 3.8) is 0 Å². The van der Waals surface area contributed by atoms with Crippen molar-refractivity contribution in [2.75, 3.05) is 17.6 Å². The Kier molecular flexibility index (Phi) is 7.18. The molecule has 0 aliphatic rings. The van der Waals surface area contributed by atoms with Gasteiger partial charge >= 0.3 is 0 Å². The SMILES string of the molecule is CCCSCc1nc(CC)c(I)c(NCC)n1. The molecular formula is C12H20IN3S. The fourth-order valence-corrected chi connectivity index (χ4v) is 2.99. The van der Waals surface area contributed by atoms with Crippen molar-refractivity contribution in [2.24, 2.45) is 0 Å². The van der Waals surface area contributed by atoms with Crippen LogP contribution in [0.15, 0.2) is 0 Å². The van der Waals surface area contributed by atoms with Crippen LogP contribution in [0.3, 0.4) is 0 Å². The van der Waals surface area contributed by atoms with Gasteiger partial charge in [-0.15, -0.1) is 0 Å². The van der Waals surface area contributed by atoms with Crippen LogP contribution in [-0.4, -0.2) is 22.3 Å². The van der Waals surface area contributed by atoms with E-state index in [2.05, 4.69) is 58.6 Å². The van der Waals surface area contributed by atoms with Crippen LogP contribution < -0.4 is 5.32 Å². The van der Waals surface area contributed by atoms with Crippen molar-refractivity contribution in [3.05, 3.63) is 15.1 Å². The summed E-state index contributed by atoms with van der Waals surface area (Å²) in [6.45, 7) is 7.33. The van der Waals surface area contributed by atoms with E-state index in [1.807, 2.05) is 11.8 Å². The average molecular weight is 365 g/mol. The largest absolute Gasteiger partial charge is 0.369 e. The Bertz CT molecular complexity index is 358. The van der Waals surface area contributed by atoms with Gasteiger partial charge in [-0.2, -0.15) is 11.8 Å². The lowest BCUT2D eigenvalue weighted by molar-refractivity contribution is 0.922. The number of nitrogens with zero attached hydrogens (tertiary/aromatic N) is 2. The zero-order valence-corrected chi connectivity index (χ0v) is 13.7. The van der Waals surface area contributed by atoms with Crippen LogP contribution in [0.1, 0.15) is 38.7 Å². The van der Waals surface area contributed by atoms with Gasteiger partial charge in [0.2, 0.25) is 0 Å². The van der Waals surface area contributed by atoms with E-state index in [1.165, 1.54) is 12.2 Å². The van der Waals surface area contributed by atoms with E-state index in [1.54, 1.807) is 0 Å². The topological polar surface area (TPSA) is 37.8 Å². The molecule has 1 heterocycles. The molecule has 0 radical (unpaired) electrons. The summed E-state index contributed by atoms with van der Waals surface area (Å²) in [4.78, 5) is 9.22. The van der Waals surface area contributed by atoms with Crippen molar-refractivity contribution in [2.45, 2.75) is 39.4 Å². The first-order chi connectivity index (χ1) is 8.22. The summed E-state index contributed by atoms with van der Waals surface area (Å²) in [7, 11) is 0. The standard InChI is InChI=1S/C12H20IN3S/c1-4-7-17-8-10-15-9(5-2)11(13)12(16-10)14-6-3/h4-8H2,1-3H3,(H,14,15,16). The molecule has 0 unspecified atom stereocenters. The van der Waals surface area contributed by atoms with Gasteiger partial charge in [-0.05, 0) is 48.1 Å². The first kappa shape index (κ1) is 15.0. The summed E-state index contributed by atoms with van der Waals surface area (Å²) in [6, 6.07) is 0. The van der Waals surface area contributed by atoms with Crippen LogP contribution in [-0.2, 0) is 12.2 Å². The summed E-state index contributed by atoms with van der Waals surface area (Å²) in [5.74, 6) is 4.03. The molecule has 0 amide bonds. The second-order valence-electron chi connectivity index (χ2n) is 3.69. The molecule has 0 saturated carbocycles. The fraction of sp³-hybridized carbons (Fsp3) is 0.667. The lowest BCUT2D eigenvalue weighted by Crippen LogP contribution is -2.09. The first-order valence-electron chi connectivity index (χ1n) is 6.09. The maximum absolute atomic E-state index is 4.63. The van der Waals surface area contributed by atoms with Crippen LogP contribution in [0.25, 0.3) is 0 Å². The maximum Gasteiger partial charge on any atom is 0.143 e. The maximum atomic E-state index is 4.63. The highest BCUT2D eigenvalue weighted by molar-refractivity contribution is 14.1. The van der Waals surface area contributed by atoms with Crippen molar-refractivity contribution >= 4 is 40.2 Å². The molecule has 1 aromatic rings. The van der Waals surface area contributed by atoms with Gasteiger partial charge in [0, 0.05) is 6.54 Å².